The summed E-state index contributed by atoms with van der Waals surface area (Å²) in [4.78, 5) is 28.1. The third-order valence-corrected chi connectivity index (χ3v) is 8.75. The van der Waals surface area contributed by atoms with Gasteiger partial charge in [-0.15, -0.1) is 0 Å². The Morgan fingerprint density at radius 1 is 0.674 bits per heavy atom. The van der Waals surface area contributed by atoms with Gasteiger partial charge in [-0.2, -0.15) is 0 Å². The van der Waals surface area contributed by atoms with E-state index in [-0.39, 0.29) is 51.7 Å². The molecule has 5 heteroatoms. The van der Waals surface area contributed by atoms with Gasteiger partial charge in [-0.05, 0) is 94.7 Å². The van der Waals surface area contributed by atoms with Crippen LogP contribution in [-0.2, 0) is 19.1 Å². The van der Waals surface area contributed by atoms with Crippen molar-refractivity contribution >= 4 is 11.9 Å². The minimum atomic E-state index is -0.498. The molecule has 0 aliphatic carbocycles. The molecular weight excluding hydrogens is 570 g/mol. The molecule has 0 bridgehead atoms. The van der Waals surface area contributed by atoms with Crippen molar-refractivity contribution < 1.29 is 19.1 Å². The van der Waals surface area contributed by atoms with E-state index in [0.717, 1.165) is 38.6 Å². The topological polar surface area (TPSA) is 55.8 Å². The van der Waals surface area contributed by atoms with E-state index in [2.05, 4.69) is 120 Å². The summed E-state index contributed by atoms with van der Waals surface area (Å²) in [5.41, 5.74) is -1.25. The largest absolute Gasteiger partial charge is 0.461 e. The van der Waals surface area contributed by atoms with Gasteiger partial charge in [0, 0.05) is 17.3 Å². The smallest absolute Gasteiger partial charge is 0.311 e. The Bertz CT molecular complexity index is 992. The van der Waals surface area contributed by atoms with Gasteiger partial charge in [0.1, 0.15) is 12.7 Å². The number of allylic oxidation sites excluding steroid dienone is 3. The van der Waals surface area contributed by atoms with Crippen LogP contribution in [0.2, 0.25) is 0 Å². The fourth-order valence-corrected chi connectivity index (χ4v) is 8.12. The fourth-order valence-electron chi connectivity index (χ4n) is 8.12. The van der Waals surface area contributed by atoms with Crippen LogP contribution < -0.4 is 0 Å². The zero-order valence-corrected chi connectivity index (χ0v) is 33.8. The van der Waals surface area contributed by atoms with E-state index in [4.69, 9.17) is 9.47 Å². The van der Waals surface area contributed by atoms with Crippen LogP contribution in [-0.4, -0.2) is 50.2 Å². The molecule has 0 rings (SSSR count). The van der Waals surface area contributed by atoms with Crippen molar-refractivity contribution in [1.82, 2.24) is 4.90 Å². The van der Waals surface area contributed by atoms with Gasteiger partial charge in [0.05, 0.1) is 5.41 Å². The minimum Gasteiger partial charge on any atom is -0.461 e. The van der Waals surface area contributed by atoms with Gasteiger partial charge >= 0.3 is 11.9 Å². The first kappa shape index (κ1) is 44.4. The van der Waals surface area contributed by atoms with Gasteiger partial charge in [0.15, 0.2) is 0 Å². The van der Waals surface area contributed by atoms with Crippen LogP contribution in [0.5, 0.6) is 0 Å². The molecule has 0 N–H and O–H groups in total. The molecule has 0 aromatic rings. The monoisotopic (exact) mass is 648 g/mol. The first-order valence-corrected chi connectivity index (χ1v) is 17.9. The third kappa shape index (κ3) is 18.1. The number of carbonyl (C=O) groups is 2. The summed E-state index contributed by atoms with van der Waals surface area (Å²) < 4.78 is 12.2. The quantitative estimate of drug-likeness (QED) is 0.0916. The van der Waals surface area contributed by atoms with Crippen LogP contribution in [0.15, 0.2) is 24.3 Å². The number of hydrogen-bond acceptors (Lipinski definition) is 5. The van der Waals surface area contributed by atoms with Crippen LogP contribution in [0.4, 0.5) is 0 Å². The van der Waals surface area contributed by atoms with Crippen molar-refractivity contribution in [3.05, 3.63) is 24.3 Å². The zero-order valence-electron chi connectivity index (χ0n) is 33.8. The van der Waals surface area contributed by atoms with Gasteiger partial charge < -0.3 is 14.4 Å². The Kier molecular flexibility index (Phi) is 17.1. The van der Waals surface area contributed by atoms with E-state index in [1.165, 1.54) is 0 Å². The molecule has 1 unspecified atom stereocenters. The van der Waals surface area contributed by atoms with Crippen LogP contribution in [0.1, 0.15) is 149 Å². The van der Waals surface area contributed by atoms with E-state index < -0.39 is 5.41 Å². The molecule has 5 nitrogen and oxygen atoms in total. The van der Waals surface area contributed by atoms with Gasteiger partial charge in [0.25, 0.3) is 0 Å². The molecule has 0 aliphatic heterocycles. The third-order valence-electron chi connectivity index (χ3n) is 8.75. The van der Waals surface area contributed by atoms with Crippen LogP contribution in [0.25, 0.3) is 0 Å². The second-order valence-corrected chi connectivity index (χ2v) is 19.5. The van der Waals surface area contributed by atoms with E-state index in [1.54, 1.807) is 0 Å². The molecule has 46 heavy (non-hydrogen) atoms. The molecule has 0 heterocycles. The maximum absolute atomic E-state index is 13.3. The molecular formula is C41H77NO4. The molecule has 0 spiro atoms. The summed E-state index contributed by atoms with van der Waals surface area (Å²) in [6, 6.07) is 0. The van der Waals surface area contributed by atoms with Crippen LogP contribution in [0, 0.1) is 44.3 Å². The molecule has 0 saturated heterocycles. The number of rotatable bonds is 21. The van der Waals surface area contributed by atoms with E-state index in [0.29, 0.717) is 18.3 Å². The SMILES string of the molecule is CC(C)CC(C)(C)C=CC(C)(C)CC(C)(C)C(OC(=O)CCCN(C)C)C(C)(C)CC(C)(C)C=CCOC(=O)C(C)(C)CC(C)C. The van der Waals surface area contributed by atoms with Gasteiger partial charge in [-0.3, -0.25) is 9.59 Å². The molecule has 0 fully saturated rings. The highest BCUT2D eigenvalue weighted by molar-refractivity contribution is 5.76. The predicted octanol–water partition coefficient (Wildman–Crippen LogP) is 10.9. The van der Waals surface area contributed by atoms with Crippen LogP contribution >= 0.6 is 0 Å². The number of hydrogen-bond donors (Lipinski definition) is 0. The summed E-state index contributed by atoms with van der Waals surface area (Å²) in [7, 11) is 4.06. The maximum atomic E-state index is 13.3. The second kappa shape index (κ2) is 17.7. The predicted molar refractivity (Wildman–Crippen MR) is 198 cm³/mol. The Balaban J connectivity index is 6.08. The van der Waals surface area contributed by atoms with Crippen molar-refractivity contribution in [3.8, 4) is 0 Å². The first-order chi connectivity index (χ1) is 20.5. The molecule has 0 aromatic carbocycles. The maximum Gasteiger partial charge on any atom is 0.311 e. The van der Waals surface area contributed by atoms with E-state index in [9.17, 15) is 9.59 Å². The lowest BCUT2D eigenvalue weighted by molar-refractivity contribution is -0.170. The van der Waals surface area contributed by atoms with Gasteiger partial charge in [-0.1, -0.05) is 121 Å². The molecule has 0 aromatic heterocycles. The van der Waals surface area contributed by atoms with Crippen molar-refractivity contribution in [2.75, 3.05) is 27.2 Å². The van der Waals surface area contributed by atoms with Crippen molar-refractivity contribution in [2.24, 2.45) is 44.3 Å². The van der Waals surface area contributed by atoms with E-state index >= 15 is 0 Å². The Labute approximate surface area is 286 Å². The van der Waals surface area contributed by atoms with Gasteiger partial charge in [-0.25, -0.2) is 0 Å². The summed E-state index contributed by atoms with van der Waals surface area (Å²) in [6.07, 6.45) is 13.4. The summed E-state index contributed by atoms with van der Waals surface area (Å²) >= 11 is 0. The lowest BCUT2D eigenvalue weighted by Gasteiger charge is -2.48. The van der Waals surface area contributed by atoms with Crippen molar-refractivity contribution in [1.29, 1.82) is 0 Å². The minimum absolute atomic E-state index is 0.0773. The Hall–Kier alpha value is -1.62. The lowest BCUT2D eigenvalue weighted by atomic mass is 9.61. The lowest BCUT2D eigenvalue weighted by Crippen LogP contribution is -2.48. The highest BCUT2D eigenvalue weighted by atomic mass is 16.5. The van der Waals surface area contributed by atoms with Gasteiger partial charge in [0.2, 0.25) is 0 Å². The fraction of sp³-hybridized carbons (Fsp3) is 0.854. The van der Waals surface area contributed by atoms with Crippen molar-refractivity contribution in [3.63, 3.8) is 0 Å². The molecule has 270 valence electrons. The number of carbonyl (C=O) groups excluding carboxylic acids is 2. The zero-order chi connectivity index (χ0) is 36.4. The van der Waals surface area contributed by atoms with Crippen molar-refractivity contribution in [2.45, 2.75) is 155 Å². The second-order valence-electron chi connectivity index (χ2n) is 19.5. The number of ether oxygens (including phenoxy) is 2. The Morgan fingerprint density at radius 3 is 1.59 bits per heavy atom. The highest BCUT2D eigenvalue weighted by Crippen LogP contribution is 2.49. The number of esters is 2. The summed E-state index contributed by atoms with van der Waals surface area (Å²) in [5.74, 6) is 0.786. The molecule has 0 radical (unpaired) electrons. The van der Waals surface area contributed by atoms with E-state index in [1.807, 2.05) is 34.0 Å². The summed E-state index contributed by atoms with van der Waals surface area (Å²) in [6.45, 7) is 36.5. The molecule has 0 amide bonds. The molecule has 0 aliphatic rings. The first-order valence-electron chi connectivity index (χ1n) is 17.9. The number of nitrogens with zero attached hydrogens (tertiary/aromatic N) is 1. The molecule has 1 atom stereocenters. The summed E-state index contributed by atoms with van der Waals surface area (Å²) in [5, 5.41) is 0. The standard InChI is InChI=1S/C41H77NO4/c1-31(2)27-36(5,6)23-24-38(9,10)30-41(15,16)34(46-33(43)21-19-25-42(17)18)40(13,14)29-37(7,8)22-20-26-45-35(44)39(11,12)28-32(3)4/h20,22-24,31-32,34H,19,21,25-30H2,1-18H3. The highest BCUT2D eigenvalue weighted by Gasteiger charge is 2.47. The average molecular weight is 648 g/mol. The Morgan fingerprint density at radius 2 is 1.13 bits per heavy atom. The normalized spacial score (nSPS) is 15.1. The average Bonchev–Trinajstić information content (AvgIpc) is 2.80. The molecule has 0 saturated carbocycles. The van der Waals surface area contributed by atoms with Crippen LogP contribution in [0.3, 0.4) is 0 Å².